The molecule has 3 N–H and O–H groups in total. The van der Waals surface area contributed by atoms with Crippen LogP contribution in [0.15, 0.2) is 77.9 Å². The first kappa shape index (κ1) is 21.6. The van der Waals surface area contributed by atoms with Gasteiger partial charge in [0.2, 0.25) is 0 Å². The Balaban J connectivity index is 2.39. The van der Waals surface area contributed by atoms with Gasteiger partial charge in [-0.05, 0) is 53.9 Å². The van der Waals surface area contributed by atoms with E-state index in [2.05, 4.69) is 10.5 Å². The van der Waals surface area contributed by atoms with Crippen LogP contribution in [0.25, 0.3) is 0 Å². The second kappa shape index (κ2) is 9.15. The predicted molar refractivity (Wildman–Crippen MR) is 114 cm³/mol. The molecule has 0 bridgehead atoms. The number of hydrogen-bond acceptors (Lipinski definition) is 3. The van der Waals surface area contributed by atoms with Crippen molar-refractivity contribution < 1.29 is 13.6 Å². The lowest BCUT2D eigenvalue weighted by Gasteiger charge is -2.36. The Kier molecular flexibility index (Phi) is 6.59. The van der Waals surface area contributed by atoms with Crippen LogP contribution in [0.3, 0.4) is 0 Å². The first-order valence-corrected chi connectivity index (χ1v) is 9.58. The van der Waals surface area contributed by atoms with Crippen LogP contribution in [0.2, 0.25) is 5.02 Å². The SMILES string of the molecule is CC(=NNC(=O)CN)C(c1ccc(F)cc1)(c1ccc(F)cc1)c1ccccc1Cl. The van der Waals surface area contributed by atoms with Gasteiger partial charge in [0.25, 0.3) is 5.91 Å². The highest BCUT2D eigenvalue weighted by molar-refractivity contribution is 6.32. The number of rotatable bonds is 6. The van der Waals surface area contributed by atoms with Crippen molar-refractivity contribution >= 4 is 23.2 Å². The van der Waals surface area contributed by atoms with Crippen LogP contribution in [-0.4, -0.2) is 18.2 Å². The van der Waals surface area contributed by atoms with Crippen molar-refractivity contribution in [2.45, 2.75) is 12.3 Å². The Morgan fingerprint density at radius 1 is 0.967 bits per heavy atom. The van der Waals surface area contributed by atoms with Gasteiger partial charge in [0.15, 0.2) is 0 Å². The van der Waals surface area contributed by atoms with Crippen molar-refractivity contribution in [1.82, 2.24) is 5.43 Å². The second-order valence-corrected chi connectivity index (χ2v) is 7.09. The summed E-state index contributed by atoms with van der Waals surface area (Å²) in [5.74, 6) is -1.28. The molecule has 30 heavy (non-hydrogen) atoms. The summed E-state index contributed by atoms with van der Waals surface area (Å²) in [7, 11) is 0. The number of nitrogens with two attached hydrogens (primary N) is 1. The number of carbonyl (C=O) groups excluding carboxylic acids is 1. The normalized spacial score (nSPS) is 12.0. The number of hydrogen-bond donors (Lipinski definition) is 2. The molecule has 0 aliphatic heterocycles. The van der Waals surface area contributed by atoms with Crippen LogP contribution >= 0.6 is 11.6 Å². The third-order valence-electron chi connectivity index (χ3n) is 4.91. The molecule has 1 amide bonds. The molecule has 0 aromatic heterocycles. The van der Waals surface area contributed by atoms with E-state index in [9.17, 15) is 13.6 Å². The summed E-state index contributed by atoms with van der Waals surface area (Å²) in [5, 5.41) is 4.71. The molecule has 0 unspecified atom stereocenters. The van der Waals surface area contributed by atoms with Gasteiger partial charge in [0.05, 0.1) is 17.7 Å². The predicted octanol–water partition coefficient (Wildman–Crippen LogP) is 4.40. The fourth-order valence-electron chi connectivity index (χ4n) is 3.53. The number of benzene rings is 3. The highest BCUT2D eigenvalue weighted by Gasteiger charge is 2.41. The molecule has 4 nitrogen and oxygen atoms in total. The number of amides is 1. The van der Waals surface area contributed by atoms with Crippen molar-refractivity contribution in [3.8, 4) is 0 Å². The lowest BCUT2D eigenvalue weighted by Crippen LogP contribution is -2.39. The topological polar surface area (TPSA) is 67.5 Å². The zero-order valence-corrected chi connectivity index (χ0v) is 17.0. The van der Waals surface area contributed by atoms with Gasteiger partial charge in [-0.15, -0.1) is 0 Å². The van der Waals surface area contributed by atoms with Gasteiger partial charge in [-0.25, -0.2) is 14.2 Å². The number of carbonyl (C=O) groups is 1. The molecule has 3 aromatic rings. The number of halogens is 3. The van der Waals surface area contributed by atoms with Gasteiger partial charge >= 0.3 is 0 Å². The quantitative estimate of drug-likeness (QED) is 0.348. The summed E-state index contributed by atoms with van der Waals surface area (Å²) in [6, 6.07) is 18.9. The van der Waals surface area contributed by atoms with E-state index >= 15 is 0 Å². The molecule has 3 rings (SSSR count). The molecular weight excluding hydrogens is 408 g/mol. The van der Waals surface area contributed by atoms with E-state index in [0.717, 1.165) is 0 Å². The molecule has 7 heteroatoms. The molecule has 0 spiro atoms. The highest BCUT2D eigenvalue weighted by Crippen LogP contribution is 2.43. The highest BCUT2D eigenvalue weighted by atomic mass is 35.5. The van der Waals surface area contributed by atoms with E-state index in [1.807, 2.05) is 12.1 Å². The zero-order chi connectivity index (χ0) is 21.7. The lowest BCUT2D eigenvalue weighted by atomic mass is 9.66. The minimum atomic E-state index is -1.12. The smallest absolute Gasteiger partial charge is 0.253 e. The number of nitrogens with zero attached hydrogens (tertiary/aromatic N) is 1. The maximum absolute atomic E-state index is 13.7. The van der Waals surface area contributed by atoms with E-state index in [4.69, 9.17) is 17.3 Å². The minimum Gasteiger partial charge on any atom is -0.322 e. The number of nitrogens with one attached hydrogen (secondary N) is 1. The van der Waals surface area contributed by atoms with Crippen molar-refractivity contribution in [3.63, 3.8) is 0 Å². The molecule has 154 valence electrons. The van der Waals surface area contributed by atoms with Gasteiger partial charge in [-0.2, -0.15) is 5.10 Å². The van der Waals surface area contributed by atoms with Gasteiger partial charge in [-0.1, -0.05) is 54.1 Å². The Morgan fingerprint density at radius 3 is 1.93 bits per heavy atom. The van der Waals surface area contributed by atoms with Gasteiger partial charge in [0, 0.05) is 5.02 Å². The summed E-state index contributed by atoms with van der Waals surface area (Å²) in [4.78, 5) is 11.7. The van der Waals surface area contributed by atoms with Crippen LogP contribution in [0.4, 0.5) is 8.78 Å². The fourth-order valence-corrected chi connectivity index (χ4v) is 3.81. The largest absolute Gasteiger partial charge is 0.322 e. The van der Waals surface area contributed by atoms with Crippen molar-refractivity contribution in [2.24, 2.45) is 10.8 Å². The Hall–Kier alpha value is -3.09. The summed E-state index contributed by atoms with van der Waals surface area (Å²) >= 11 is 6.59. The standard InChI is InChI=1S/C23H20ClF2N3O/c1-15(28-29-22(30)14-27)23(16-6-10-18(25)11-7-16,17-8-12-19(26)13-9-17)20-4-2-3-5-21(20)24/h2-13H,14,27H2,1H3,(H,29,30). The monoisotopic (exact) mass is 427 g/mol. The van der Waals surface area contributed by atoms with Crippen LogP contribution in [0, 0.1) is 11.6 Å². The first-order chi connectivity index (χ1) is 14.4. The maximum atomic E-state index is 13.7. The van der Waals surface area contributed by atoms with Gasteiger partial charge in [-0.3, -0.25) is 4.79 Å². The first-order valence-electron chi connectivity index (χ1n) is 9.20. The Bertz CT molecular complexity index is 1020. The average molecular weight is 428 g/mol. The van der Waals surface area contributed by atoms with Crippen molar-refractivity contribution in [1.29, 1.82) is 0 Å². The van der Waals surface area contributed by atoms with Gasteiger partial charge in [0.1, 0.15) is 11.6 Å². The van der Waals surface area contributed by atoms with E-state index in [-0.39, 0.29) is 6.54 Å². The van der Waals surface area contributed by atoms with E-state index < -0.39 is 23.0 Å². The minimum absolute atomic E-state index is 0.233. The molecule has 0 radical (unpaired) electrons. The molecule has 0 fully saturated rings. The Morgan fingerprint density at radius 2 is 1.47 bits per heavy atom. The average Bonchev–Trinajstić information content (AvgIpc) is 2.75. The van der Waals surface area contributed by atoms with Gasteiger partial charge < -0.3 is 5.73 Å². The third kappa shape index (κ3) is 4.10. The van der Waals surface area contributed by atoms with Crippen LogP contribution < -0.4 is 11.2 Å². The molecule has 0 atom stereocenters. The molecular formula is C23H20ClF2N3O. The van der Waals surface area contributed by atoms with E-state index in [1.165, 1.54) is 24.3 Å². The molecule has 3 aromatic carbocycles. The maximum Gasteiger partial charge on any atom is 0.253 e. The molecule has 0 saturated carbocycles. The summed E-state index contributed by atoms with van der Waals surface area (Å²) < 4.78 is 27.5. The molecule has 0 saturated heterocycles. The molecule has 0 aliphatic rings. The number of hydrazone groups is 1. The van der Waals surface area contributed by atoms with Crippen LogP contribution in [0.1, 0.15) is 23.6 Å². The van der Waals surface area contributed by atoms with E-state index in [0.29, 0.717) is 27.4 Å². The fraction of sp³-hybridized carbons (Fsp3) is 0.130. The molecule has 0 aliphatic carbocycles. The zero-order valence-electron chi connectivity index (χ0n) is 16.2. The van der Waals surface area contributed by atoms with Crippen molar-refractivity contribution in [3.05, 3.63) is 106 Å². The van der Waals surface area contributed by atoms with Crippen LogP contribution in [-0.2, 0) is 10.2 Å². The summed E-state index contributed by atoms with van der Waals surface area (Å²) in [6.45, 7) is 1.48. The van der Waals surface area contributed by atoms with Crippen LogP contribution in [0.5, 0.6) is 0 Å². The summed E-state index contributed by atoms with van der Waals surface area (Å²) in [6.07, 6.45) is 0. The molecule has 0 heterocycles. The third-order valence-corrected chi connectivity index (χ3v) is 5.24. The summed E-state index contributed by atoms with van der Waals surface area (Å²) in [5.41, 5.74) is 9.05. The lowest BCUT2D eigenvalue weighted by molar-refractivity contribution is -0.119. The Labute approximate surface area is 178 Å². The van der Waals surface area contributed by atoms with Crippen molar-refractivity contribution in [2.75, 3.05) is 6.54 Å². The second-order valence-electron chi connectivity index (χ2n) is 6.68. The van der Waals surface area contributed by atoms with E-state index in [1.54, 1.807) is 43.3 Å².